The largest absolute Gasteiger partial charge is 0.335 e. The summed E-state index contributed by atoms with van der Waals surface area (Å²) in [6.45, 7) is 2.31. The lowest BCUT2D eigenvalue weighted by Gasteiger charge is -2.12. The van der Waals surface area contributed by atoms with Crippen LogP contribution in [-0.4, -0.2) is 34.6 Å². The summed E-state index contributed by atoms with van der Waals surface area (Å²) in [6.07, 6.45) is 4.37. The highest BCUT2D eigenvalue weighted by molar-refractivity contribution is 5.93. The fourth-order valence-corrected chi connectivity index (χ4v) is 1.02. The average molecular weight is 191 g/mol. The van der Waals surface area contributed by atoms with E-state index in [1.807, 2.05) is 6.20 Å². The van der Waals surface area contributed by atoms with E-state index in [-0.39, 0.29) is 5.91 Å². The van der Waals surface area contributed by atoms with Gasteiger partial charge in [0.25, 0.3) is 5.91 Å². The Morgan fingerprint density at radius 1 is 1.71 bits per heavy atom. The molecule has 4 heteroatoms. The Hall–Kier alpha value is -1.76. The third-order valence-corrected chi connectivity index (χ3v) is 1.87. The van der Waals surface area contributed by atoms with E-state index in [2.05, 4.69) is 22.0 Å². The third-order valence-electron chi connectivity index (χ3n) is 1.87. The minimum atomic E-state index is -0.143. The molecule has 4 nitrogen and oxygen atoms in total. The van der Waals surface area contributed by atoms with Crippen molar-refractivity contribution < 1.29 is 4.79 Å². The van der Waals surface area contributed by atoms with Gasteiger partial charge in [0.15, 0.2) is 0 Å². The first kappa shape index (κ1) is 10.3. The van der Waals surface area contributed by atoms with Gasteiger partial charge in [0, 0.05) is 19.8 Å². The van der Waals surface area contributed by atoms with E-state index in [1.165, 1.54) is 0 Å². The number of aromatic amines is 1. The Morgan fingerprint density at radius 2 is 2.50 bits per heavy atom. The van der Waals surface area contributed by atoms with Crippen molar-refractivity contribution in [3.8, 4) is 11.8 Å². The zero-order valence-corrected chi connectivity index (χ0v) is 8.37. The van der Waals surface area contributed by atoms with Crippen molar-refractivity contribution >= 4 is 5.91 Å². The summed E-state index contributed by atoms with van der Waals surface area (Å²) in [5.74, 6) is 4.93. The normalized spacial score (nSPS) is 9.00. The molecule has 0 atom stereocenters. The summed E-state index contributed by atoms with van der Waals surface area (Å²) in [6, 6.07) is 0. The molecular weight excluding hydrogens is 178 g/mol. The van der Waals surface area contributed by atoms with Crippen LogP contribution in [0.5, 0.6) is 0 Å². The summed E-state index contributed by atoms with van der Waals surface area (Å²) in [4.78, 5) is 12.8. The monoisotopic (exact) mass is 191 g/mol. The molecule has 0 aliphatic heterocycles. The first-order chi connectivity index (χ1) is 6.74. The molecule has 1 aromatic heterocycles. The zero-order valence-electron chi connectivity index (χ0n) is 8.37. The van der Waals surface area contributed by atoms with Gasteiger partial charge in [-0.05, 0) is 24.8 Å². The molecule has 0 fully saturated rings. The predicted molar refractivity (Wildman–Crippen MR) is 53.4 cm³/mol. The lowest BCUT2D eigenvalue weighted by Crippen LogP contribution is -2.27. The van der Waals surface area contributed by atoms with E-state index < -0.39 is 0 Å². The van der Waals surface area contributed by atoms with Crippen LogP contribution in [-0.2, 0) is 11.2 Å². The van der Waals surface area contributed by atoms with Crippen molar-refractivity contribution in [3.63, 3.8) is 0 Å². The maximum Gasteiger partial charge on any atom is 0.298 e. The molecule has 1 amide bonds. The van der Waals surface area contributed by atoms with Gasteiger partial charge in [0.1, 0.15) is 0 Å². The second-order valence-electron chi connectivity index (χ2n) is 2.96. The number of amides is 1. The second kappa shape index (κ2) is 5.07. The van der Waals surface area contributed by atoms with Gasteiger partial charge in [0.05, 0.1) is 6.20 Å². The molecule has 0 spiro atoms. The quantitative estimate of drug-likeness (QED) is 0.704. The Bertz CT molecular complexity index is 345. The van der Waals surface area contributed by atoms with Crippen LogP contribution in [0.1, 0.15) is 12.5 Å². The zero-order chi connectivity index (χ0) is 10.4. The van der Waals surface area contributed by atoms with E-state index in [9.17, 15) is 4.79 Å². The molecule has 0 unspecified atom stereocenters. The Balaban J connectivity index is 2.37. The fourth-order valence-electron chi connectivity index (χ4n) is 1.02. The number of H-pyrrole nitrogens is 1. The van der Waals surface area contributed by atoms with Gasteiger partial charge in [-0.1, -0.05) is 5.92 Å². The Kier molecular flexibility index (Phi) is 3.74. The van der Waals surface area contributed by atoms with Crippen molar-refractivity contribution in [2.75, 3.05) is 13.6 Å². The number of aromatic nitrogens is 2. The van der Waals surface area contributed by atoms with Gasteiger partial charge in [-0.25, -0.2) is 0 Å². The number of nitrogens with one attached hydrogen (secondary N) is 1. The fraction of sp³-hybridized carbons (Fsp3) is 0.400. The SMILES string of the molecule is CC#CC(=O)N(C)CCc1cn[nH]c1. The smallest absolute Gasteiger partial charge is 0.298 e. The summed E-state index contributed by atoms with van der Waals surface area (Å²) in [7, 11) is 1.74. The highest BCUT2D eigenvalue weighted by Gasteiger charge is 2.04. The van der Waals surface area contributed by atoms with Crippen LogP contribution in [0.2, 0.25) is 0 Å². The van der Waals surface area contributed by atoms with Crippen LogP contribution in [0.3, 0.4) is 0 Å². The number of carbonyl (C=O) groups excluding carboxylic acids is 1. The minimum absolute atomic E-state index is 0.143. The first-order valence-corrected chi connectivity index (χ1v) is 4.39. The minimum Gasteiger partial charge on any atom is -0.335 e. The molecule has 74 valence electrons. The lowest BCUT2D eigenvalue weighted by molar-refractivity contribution is -0.123. The molecule has 0 bridgehead atoms. The Labute approximate surface area is 83.3 Å². The molecule has 14 heavy (non-hydrogen) atoms. The van der Waals surface area contributed by atoms with Crippen LogP contribution in [0.15, 0.2) is 12.4 Å². The first-order valence-electron chi connectivity index (χ1n) is 4.39. The van der Waals surface area contributed by atoms with Crippen molar-refractivity contribution in [1.82, 2.24) is 15.1 Å². The topological polar surface area (TPSA) is 49.0 Å². The van der Waals surface area contributed by atoms with Gasteiger partial charge in [-0.3, -0.25) is 9.89 Å². The standard InChI is InChI=1S/C10H13N3O/c1-3-4-10(14)13(2)6-5-9-7-11-12-8-9/h7-8H,5-6H2,1-2H3,(H,11,12). The highest BCUT2D eigenvalue weighted by atomic mass is 16.2. The number of hydrogen-bond acceptors (Lipinski definition) is 2. The molecule has 0 saturated carbocycles. The highest BCUT2D eigenvalue weighted by Crippen LogP contribution is 1.96. The second-order valence-corrected chi connectivity index (χ2v) is 2.96. The predicted octanol–water partition coefficient (Wildman–Crippen LogP) is 0.434. The number of likely N-dealkylation sites (N-methyl/N-ethyl adjacent to an activating group) is 1. The van der Waals surface area contributed by atoms with Crippen molar-refractivity contribution in [2.24, 2.45) is 0 Å². The van der Waals surface area contributed by atoms with Crippen LogP contribution < -0.4 is 0 Å². The van der Waals surface area contributed by atoms with E-state index in [1.54, 1.807) is 25.1 Å². The molecule has 1 N–H and O–H groups in total. The Morgan fingerprint density at radius 3 is 3.07 bits per heavy atom. The van der Waals surface area contributed by atoms with Gasteiger partial charge in [0.2, 0.25) is 0 Å². The summed E-state index contributed by atoms with van der Waals surface area (Å²) < 4.78 is 0. The average Bonchev–Trinajstić information content (AvgIpc) is 2.67. The summed E-state index contributed by atoms with van der Waals surface area (Å²) >= 11 is 0. The van der Waals surface area contributed by atoms with E-state index in [4.69, 9.17) is 0 Å². The van der Waals surface area contributed by atoms with Crippen LogP contribution in [0, 0.1) is 11.8 Å². The molecule has 0 aliphatic rings. The van der Waals surface area contributed by atoms with Gasteiger partial charge in [-0.2, -0.15) is 5.10 Å². The van der Waals surface area contributed by atoms with Crippen LogP contribution in [0.25, 0.3) is 0 Å². The maximum atomic E-state index is 11.2. The molecule has 1 heterocycles. The number of rotatable bonds is 3. The molecule has 0 saturated heterocycles. The van der Waals surface area contributed by atoms with E-state index >= 15 is 0 Å². The van der Waals surface area contributed by atoms with E-state index in [0.717, 1.165) is 12.0 Å². The van der Waals surface area contributed by atoms with Crippen molar-refractivity contribution in [1.29, 1.82) is 0 Å². The summed E-state index contributed by atoms with van der Waals surface area (Å²) in [5.41, 5.74) is 1.09. The molecule has 0 aliphatic carbocycles. The third kappa shape index (κ3) is 2.94. The molecule has 0 aromatic carbocycles. The van der Waals surface area contributed by atoms with Gasteiger partial charge in [-0.15, -0.1) is 0 Å². The molecule has 1 rings (SSSR count). The summed E-state index contributed by atoms with van der Waals surface area (Å²) in [5, 5.41) is 6.55. The van der Waals surface area contributed by atoms with E-state index in [0.29, 0.717) is 6.54 Å². The van der Waals surface area contributed by atoms with Crippen LogP contribution >= 0.6 is 0 Å². The van der Waals surface area contributed by atoms with Crippen LogP contribution in [0.4, 0.5) is 0 Å². The van der Waals surface area contributed by atoms with Gasteiger partial charge < -0.3 is 4.90 Å². The lowest BCUT2D eigenvalue weighted by atomic mass is 10.2. The van der Waals surface area contributed by atoms with Crippen molar-refractivity contribution in [3.05, 3.63) is 18.0 Å². The van der Waals surface area contributed by atoms with Crippen molar-refractivity contribution in [2.45, 2.75) is 13.3 Å². The number of carbonyl (C=O) groups is 1. The van der Waals surface area contributed by atoms with Gasteiger partial charge >= 0.3 is 0 Å². The molecule has 0 radical (unpaired) electrons. The number of nitrogens with zero attached hydrogens (tertiary/aromatic N) is 2. The molecule has 1 aromatic rings. The maximum absolute atomic E-state index is 11.2. The molecular formula is C10H13N3O. The number of hydrogen-bond donors (Lipinski definition) is 1.